The average Bonchev–Trinajstić information content (AvgIpc) is 2.83. The highest BCUT2D eigenvalue weighted by Crippen LogP contribution is 2.15. The molecule has 126 valence electrons. The zero-order valence-electron chi connectivity index (χ0n) is 15.2. The molecule has 5 nitrogen and oxygen atoms in total. The molecule has 0 fully saturated rings. The van der Waals surface area contributed by atoms with Crippen molar-refractivity contribution >= 4 is 0 Å². The Hall–Kier alpha value is -1.88. The molecule has 0 spiro atoms. The summed E-state index contributed by atoms with van der Waals surface area (Å²) in [5, 5.41) is 8.04. The topological polar surface area (TPSA) is 51.9 Å². The second-order valence-corrected chi connectivity index (χ2v) is 6.12. The van der Waals surface area contributed by atoms with Crippen molar-refractivity contribution in [2.24, 2.45) is 14.1 Å². The lowest BCUT2D eigenvalue weighted by molar-refractivity contribution is 0.659. The number of nitrogens with zero attached hydrogens (tertiary/aromatic N) is 3. The first-order chi connectivity index (χ1) is 10.9. The van der Waals surface area contributed by atoms with Crippen LogP contribution in [-0.2, 0) is 40.0 Å². The molecule has 0 aliphatic carbocycles. The fourth-order valence-electron chi connectivity index (χ4n) is 3.15. The van der Waals surface area contributed by atoms with Gasteiger partial charge in [-0.05, 0) is 38.3 Å². The Balaban J connectivity index is 2.18. The second kappa shape index (κ2) is 7.13. The fraction of sp³-hybridized carbons (Fsp3) is 0.556. The van der Waals surface area contributed by atoms with Crippen LogP contribution >= 0.6 is 0 Å². The summed E-state index contributed by atoms with van der Waals surface area (Å²) in [6.45, 7) is 9.58. The smallest absolute Gasteiger partial charge is 0.255 e. The van der Waals surface area contributed by atoms with Crippen molar-refractivity contribution in [3.8, 4) is 0 Å². The number of aryl methyl sites for hydroxylation is 4. The van der Waals surface area contributed by atoms with Gasteiger partial charge in [0.1, 0.15) is 0 Å². The third-order valence-electron chi connectivity index (χ3n) is 4.62. The van der Waals surface area contributed by atoms with E-state index in [9.17, 15) is 4.79 Å². The Morgan fingerprint density at radius 2 is 1.74 bits per heavy atom. The molecule has 2 heterocycles. The summed E-state index contributed by atoms with van der Waals surface area (Å²) in [5.41, 5.74) is 6.67. The van der Waals surface area contributed by atoms with E-state index in [0.29, 0.717) is 6.54 Å². The summed E-state index contributed by atoms with van der Waals surface area (Å²) < 4.78 is 3.69. The van der Waals surface area contributed by atoms with E-state index in [1.54, 1.807) is 4.57 Å². The zero-order chi connectivity index (χ0) is 17.1. The van der Waals surface area contributed by atoms with Crippen LogP contribution in [0.4, 0.5) is 0 Å². The van der Waals surface area contributed by atoms with Crippen LogP contribution in [0.3, 0.4) is 0 Å². The molecule has 5 heteroatoms. The Kier molecular flexibility index (Phi) is 5.42. The maximum absolute atomic E-state index is 12.4. The first-order valence-corrected chi connectivity index (χ1v) is 8.31. The molecule has 2 rings (SSSR count). The van der Waals surface area contributed by atoms with E-state index >= 15 is 0 Å². The third kappa shape index (κ3) is 3.39. The minimum atomic E-state index is 0.0904. The molecule has 0 bridgehead atoms. The van der Waals surface area contributed by atoms with Gasteiger partial charge in [-0.15, -0.1) is 0 Å². The van der Waals surface area contributed by atoms with Crippen molar-refractivity contribution in [1.29, 1.82) is 0 Å². The van der Waals surface area contributed by atoms with Gasteiger partial charge >= 0.3 is 0 Å². The molecule has 1 N–H and O–H groups in total. The fourth-order valence-corrected chi connectivity index (χ4v) is 3.15. The molecular weight excluding hydrogens is 288 g/mol. The number of hydrogen-bond acceptors (Lipinski definition) is 3. The van der Waals surface area contributed by atoms with Gasteiger partial charge in [0.25, 0.3) is 5.56 Å². The number of aromatic nitrogens is 3. The standard InChI is InChI=1S/C18H28N4O/c1-7-16-15(17(8-2)22(6)20-16)11-19-10-14-12(3)9-13(4)21(5)18(14)23/h9,19H,7-8,10-11H2,1-6H3. The first-order valence-electron chi connectivity index (χ1n) is 8.31. The monoisotopic (exact) mass is 316 g/mol. The normalized spacial score (nSPS) is 11.2. The lowest BCUT2D eigenvalue weighted by atomic mass is 10.1. The summed E-state index contributed by atoms with van der Waals surface area (Å²) in [6, 6.07) is 2.07. The number of nitrogens with one attached hydrogen (secondary N) is 1. The van der Waals surface area contributed by atoms with Gasteiger partial charge in [0.2, 0.25) is 0 Å². The Morgan fingerprint density at radius 3 is 2.35 bits per heavy atom. The van der Waals surface area contributed by atoms with Crippen LogP contribution in [0.5, 0.6) is 0 Å². The van der Waals surface area contributed by atoms with Gasteiger partial charge in [-0.2, -0.15) is 5.10 Å². The largest absolute Gasteiger partial charge is 0.316 e. The number of rotatable bonds is 6. The molecule has 0 saturated heterocycles. The molecule has 2 aromatic heterocycles. The minimum absolute atomic E-state index is 0.0904. The van der Waals surface area contributed by atoms with Crippen LogP contribution in [0.2, 0.25) is 0 Å². The minimum Gasteiger partial charge on any atom is -0.316 e. The maximum Gasteiger partial charge on any atom is 0.255 e. The van der Waals surface area contributed by atoms with E-state index in [2.05, 4.69) is 30.3 Å². The molecule has 0 aromatic carbocycles. The Labute approximate surface area is 138 Å². The van der Waals surface area contributed by atoms with E-state index < -0.39 is 0 Å². The molecule has 23 heavy (non-hydrogen) atoms. The van der Waals surface area contributed by atoms with E-state index in [1.165, 1.54) is 11.3 Å². The summed E-state index contributed by atoms with van der Waals surface area (Å²) >= 11 is 0. The molecule has 0 atom stereocenters. The van der Waals surface area contributed by atoms with Crippen molar-refractivity contribution in [1.82, 2.24) is 19.7 Å². The predicted octanol–water partition coefficient (Wildman–Crippen LogP) is 2.15. The molecule has 0 unspecified atom stereocenters. The number of pyridine rings is 1. The van der Waals surface area contributed by atoms with Gasteiger partial charge in [-0.1, -0.05) is 13.8 Å². The van der Waals surface area contributed by atoms with Gasteiger partial charge in [0.05, 0.1) is 5.69 Å². The Morgan fingerprint density at radius 1 is 1.09 bits per heavy atom. The third-order valence-corrected chi connectivity index (χ3v) is 4.62. The number of hydrogen-bond donors (Lipinski definition) is 1. The highest BCUT2D eigenvalue weighted by molar-refractivity contribution is 5.28. The van der Waals surface area contributed by atoms with Crippen LogP contribution in [0.25, 0.3) is 0 Å². The Bertz CT molecular complexity index is 755. The van der Waals surface area contributed by atoms with Gasteiger partial charge in [0.15, 0.2) is 0 Å². The van der Waals surface area contributed by atoms with Crippen molar-refractivity contribution < 1.29 is 0 Å². The molecule has 0 radical (unpaired) electrons. The molecule has 0 saturated carbocycles. The van der Waals surface area contributed by atoms with Gasteiger partial charge < -0.3 is 9.88 Å². The van der Waals surface area contributed by atoms with Crippen LogP contribution in [0, 0.1) is 13.8 Å². The van der Waals surface area contributed by atoms with Crippen molar-refractivity contribution in [2.75, 3.05) is 0 Å². The van der Waals surface area contributed by atoms with E-state index in [4.69, 9.17) is 0 Å². The quantitative estimate of drug-likeness (QED) is 0.888. The van der Waals surface area contributed by atoms with Crippen molar-refractivity contribution in [3.63, 3.8) is 0 Å². The lowest BCUT2D eigenvalue weighted by Gasteiger charge is -2.12. The summed E-state index contributed by atoms with van der Waals surface area (Å²) in [5.74, 6) is 0. The van der Waals surface area contributed by atoms with E-state index in [-0.39, 0.29) is 5.56 Å². The molecule has 0 amide bonds. The highest BCUT2D eigenvalue weighted by Gasteiger charge is 2.14. The van der Waals surface area contributed by atoms with Gasteiger partial charge in [-0.3, -0.25) is 9.48 Å². The van der Waals surface area contributed by atoms with Crippen LogP contribution in [0.15, 0.2) is 10.9 Å². The van der Waals surface area contributed by atoms with Crippen LogP contribution < -0.4 is 10.9 Å². The SMILES string of the molecule is CCc1nn(C)c(CC)c1CNCc1c(C)cc(C)n(C)c1=O. The van der Waals surface area contributed by atoms with Gasteiger partial charge in [-0.25, -0.2) is 0 Å². The van der Waals surface area contributed by atoms with E-state index in [1.807, 2.05) is 32.6 Å². The van der Waals surface area contributed by atoms with Crippen molar-refractivity contribution in [2.45, 2.75) is 53.6 Å². The van der Waals surface area contributed by atoms with Crippen LogP contribution in [-0.4, -0.2) is 14.3 Å². The molecule has 0 aliphatic heterocycles. The summed E-state index contributed by atoms with van der Waals surface area (Å²) in [4.78, 5) is 12.4. The highest BCUT2D eigenvalue weighted by atomic mass is 16.1. The van der Waals surface area contributed by atoms with Gasteiger partial charge in [0, 0.05) is 49.7 Å². The van der Waals surface area contributed by atoms with E-state index in [0.717, 1.165) is 41.9 Å². The average molecular weight is 316 g/mol. The molecular formula is C18H28N4O. The molecule has 0 aliphatic rings. The summed E-state index contributed by atoms with van der Waals surface area (Å²) in [6.07, 6.45) is 1.89. The van der Waals surface area contributed by atoms with Crippen molar-refractivity contribution in [3.05, 3.63) is 50.2 Å². The second-order valence-electron chi connectivity index (χ2n) is 6.12. The lowest BCUT2D eigenvalue weighted by Crippen LogP contribution is -2.28. The zero-order valence-corrected chi connectivity index (χ0v) is 15.2. The molecule has 2 aromatic rings. The predicted molar refractivity (Wildman–Crippen MR) is 93.7 cm³/mol. The maximum atomic E-state index is 12.4. The van der Waals surface area contributed by atoms with Crippen LogP contribution in [0.1, 0.15) is 47.6 Å². The summed E-state index contributed by atoms with van der Waals surface area (Å²) in [7, 11) is 3.83. The first kappa shape index (κ1) is 17.5.